The predicted octanol–water partition coefficient (Wildman–Crippen LogP) is 1.33. The average Bonchev–Trinajstić information content (AvgIpc) is 3.05. The molecule has 0 radical (unpaired) electrons. The van der Waals surface area contributed by atoms with Crippen LogP contribution in [0.3, 0.4) is 0 Å². The van der Waals surface area contributed by atoms with Crippen LogP contribution >= 0.6 is 0 Å². The number of rotatable bonds is 2. The van der Waals surface area contributed by atoms with Gasteiger partial charge in [0.25, 0.3) is 0 Å². The summed E-state index contributed by atoms with van der Waals surface area (Å²) in [5.74, 6) is 1.81. The lowest BCUT2D eigenvalue weighted by atomic mass is 10.0. The van der Waals surface area contributed by atoms with Crippen molar-refractivity contribution >= 4 is 5.69 Å². The zero-order valence-electron chi connectivity index (χ0n) is 11.7. The molecule has 0 unspecified atom stereocenters. The lowest BCUT2D eigenvalue weighted by Gasteiger charge is -2.18. The highest BCUT2D eigenvalue weighted by molar-refractivity contribution is 5.58. The summed E-state index contributed by atoms with van der Waals surface area (Å²) in [4.78, 5) is 5.02. The molecule has 3 heterocycles. The Hall–Kier alpha value is -1.06. The van der Waals surface area contributed by atoms with Crippen LogP contribution in [0.1, 0.15) is 11.1 Å². The molecule has 3 heteroatoms. The summed E-state index contributed by atoms with van der Waals surface area (Å²) in [7, 11) is 2.19. The van der Waals surface area contributed by atoms with Gasteiger partial charge in [-0.15, -0.1) is 0 Å². The van der Waals surface area contributed by atoms with Crippen LogP contribution in [0.5, 0.6) is 0 Å². The minimum absolute atomic E-state index is 0.903. The van der Waals surface area contributed by atoms with Crippen LogP contribution in [0.25, 0.3) is 0 Å². The van der Waals surface area contributed by atoms with Crippen LogP contribution in [0.4, 0.5) is 5.69 Å². The number of nitrogens with zero attached hydrogens (tertiary/aromatic N) is 2. The highest BCUT2D eigenvalue weighted by Crippen LogP contribution is 2.30. The summed E-state index contributed by atoms with van der Waals surface area (Å²) in [6.07, 6.45) is 1.22. The van der Waals surface area contributed by atoms with Gasteiger partial charge in [-0.05, 0) is 48.5 Å². The summed E-state index contributed by atoms with van der Waals surface area (Å²) in [5, 5.41) is 3.52. The second kappa shape index (κ2) is 4.50. The Morgan fingerprint density at radius 2 is 2.00 bits per heavy atom. The minimum Gasteiger partial charge on any atom is -0.374 e. The lowest BCUT2D eigenvalue weighted by Crippen LogP contribution is -2.25. The maximum absolute atomic E-state index is 3.52. The first kappa shape index (κ1) is 11.7. The average molecular weight is 257 g/mol. The van der Waals surface area contributed by atoms with E-state index in [1.165, 1.54) is 50.4 Å². The summed E-state index contributed by atoms with van der Waals surface area (Å²) < 4.78 is 0. The Morgan fingerprint density at radius 1 is 1.21 bits per heavy atom. The van der Waals surface area contributed by atoms with Gasteiger partial charge in [0.05, 0.1) is 0 Å². The normalized spacial score (nSPS) is 29.8. The summed E-state index contributed by atoms with van der Waals surface area (Å²) in [6, 6.07) is 7.08. The van der Waals surface area contributed by atoms with Crippen molar-refractivity contribution in [3.63, 3.8) is 0 Å². The van der Waals surface area contributed by atoms with Crippen LogP contribution in [0.2, 0.25) is 0 Å². The van der Waals surface area contributed by atoms with Crippen LogP contribution in [0.15, 0.2) is 18.2 Å². The van der Waals surface area contributed by atoms with E-state index in [-0.39, 0.29) is 0 Å². The van der Waals surface area contributed by atoms with E-state index in [9.17, 15) is 0 Å². The maximum Gasteiger partial charge on any atom is 0.0397 e. The first-order chi connectivity index (χ1) is 9.29. The molecule has 19 heavy (non-hydrogen) atoms. The number of benzene rings is 1. The molecule has 3 aliphatic rings. The van der Waals surface area contributed by atoms with Crippen molar-refractivity contribution in [2.45, 2.75) is 13.0 Å². The molecule has 2 atom stereocenters. The fourth-order valence-electron chi connectivity index (χ4n) is 4.06. The first-order valence-electron chi connectivity index (χ1n) is 7.55. The number of nitrogens with one attached hydrogen (secondary N) is 1. The van der Waals surface area contributed by atoms with E-state index in [0.29, 0.717) is 0 Å². The Bertz CT molecular complexity index is 473. The molecule has 0 aromatic heterocycles. The first-order valence-corrected chi connectivity index (χ1v) is 7.55. The standard InChI is InChI=1S/C16H23N3/c1-18-5-4-13-6-12(2-3-16(13)18)9-19-10-14-7-17-8-15(14)11-19/h2-3,6,14-15,17H,4-5,7-11H2,1H3/t14-,15+. The van der Waals surface area contributed by atoms with Crippen molar-refractivity contribution in [1.29, 1.82) is 0 Å². The Kier molecular flexibility index (Phi) is 2.78. The van der Waals surface area contributed by atoms with Crippen molar-refractivity contribution in [3.05, 3.63) is 29.3 Å². The molecule has 3 aliphatic heterocycles. The molecule has 1 aromatic rings. The minimum atomic E-state index is 0.903. The van der Waals surface area contributed by atoms with Gasteiger partial charge in [-0.2, -0.15) is 0 Å². The Labute approximate surface area is 115 Å². The van der Waals surface area contributed by atoms with Gasteiger partial charge in [-0.25, -0.2) is 0 Å². The molecule has 0 amide bonds. The van der Waals surface area contributed by atoms with Crippen molar-refractivity contribution < 1.29 is 0 Å². The number of fused-ring (bicyclic) bond motifs is 2. The summed E-state index contributed by atoms with van der Waals surface area (Å²) in [6.45, 7) is 7.36. The third-order valence-corrected chi connectivity index (χ3v) is 5.14. The third kappa shape index (κ3) is 2.05. The van der Waals surface area contributed by atoms with E-state index < -0.39 is 0 Å². The highest BCUT2D eigenvalue weighted by Gasteiger charge is 2.35. The van der Waals surface area contributed by atoms with Crippen molar-refractivity contribution in [3.8, 4) is 0 Å². The quantitative estimate of drug-likeness (QED) is 0.862. The highest BCUT2D eigenvalue weighted by atomic mass is 15.2. The molecular weight excluding hydrogens is 234 g/mol. The summed E-state index contributed by atoms with van der Waals surface area (Å²) >= 11 is 0. The molecular formula is C16H23N3. The van der Waals surface area contributed by atoms with Gasteiger partial charge >= 0.3 is 0 Å². The van der Waals surface area contributed by atoms with E-state index in [1.54, 1.807) is 5.56 Å². The number of likely N-dealkylation sites (N-methyl/N-ethyl adjacent to an activating group) is 1. The fourth-order valence-corrected chi connectivity index (χ4v) is 4.06. The van der Waals surface area contributed by atoms with E-state index >= 15 is 0 Å². The molecule has 4 rings (SSSR count). The van der Waals surface area contributed by atoms with Gasteiger partial charge < -0.3 is 10.2 Å². The maximum atomic E-state index is 3.52. The van der Waals surface area contributed by atoms with E-state index in [2.05, 4.69) is 40.4 Å². The molecule has 1 aromatic carbocycles. The monoisotopic (exact) mass is 257 g/mol. The van der Waals surface area contributed by atoms with Crippen molar-refractivity contribution in [2.75, 3.05) is 44.7 Å². The molecule has 102 valence electrons. The van der Waals surface area contributed by atoms with Crippen LogP contribution < -0.4 is 10.2 Å². The number of anilines is 1. The molecule has 2 saturated heterocycles. The molecule has 0 aliphatic carbocycles. The molecule has 2 fully saturated rings. The van der Waals surface area contributed by atoms with Gasteiger partial charge in [0, 0.05) is 38.9 Å². The SMILES string of the molecule is CN1CCc2cc(CN3C[C@H]4CNC[C@H]4C3)ccc21. The van der Waals surface area contributed by atoms with Gasteiger partial charge in [0.2, 0.25) is 0 Å². The fraction of sp³-hybridized carbons (Fsp3) is 0.625. The van der Waals surface area contributed by atoms with Crippen LogP contribution in [-0.4, -0.2) is 44.7 Å². The Balaban J connectivity index is 1.46. The molecule has 0 spiro atoms. The van der Waals surface area contributed by atoms with E-state index in [0.717, 1.165) is 18.4 Å². The summed E-state index contributed by atoms with van der Waals surface area (Å²) in [5.41, 5.74) is 4.48. The van der Waals surface area contributed by atoms with Crippen LogP contribution in [-0.2, 0) is 13.0 Å². The molecule has 1 N–H and O–H groups in total. The van der Waals surface area contributed by atoms with Crippen LogP contribution in [0, 0.1) is 11.8 Å². The molecule has 0 saturated carbocycles. The molecule has 3 nitrogen and oxygen atoms in total. The number of hydrogen-bond donors (Lipinski definition) is 1. The number of hydrogen-bond acceptors (Lipinski definition) is 3. The smallest absolute Gasteiger partial charge is 0.0397 e. The third-order valence-electron chi connectivity index (χ3n) is 5.14. The topological polar surface area (TPSA) is 18.5 Å². The molecule has 0 bridgehead atoms. The van der Waals surface area contributed by atoms with Crippen molar-refractivity contribution in [2.24, 2.45) is 11.8 Å². The van der Waals surface area contributed by atoms with Gasteiger partial charge in [-0.3, -0.25) is 4.90 Å². The Morgan fingerprint density at radius 3 is 2.79 bits per heavy atom. The lowest BCUT2D eigenvalue weighted by molar-refractivity contribution is 0.305. The van der Waals surface area contributed by atoms with Gasteiger partial charge in [0.1, 0.15) is 0 Å². The van der Waals surface area contributed by atoms with Gasteiger partial charge in [0.15, 0.2) is 0 Å². The zero-order valence-corrected chi connectivity index (χ0v) is 11.7. The largest absolute Gasteiger partial charge is 0.374 e. The van der Waals surface area contributed by atoms with E-state index in [4.69, 9.17) is 0 Å². The zero-order chi connectivity index (χ0) is 12.8. The van der Waals surface area contributed by atoms with E-state index in [1.807, 2.05) is 0 Å². The van der Waals surface area contributed by atoms with Gasteiger partial charge in [-0.1, -0.05) is 12.1 Å². The second-order valence-corrected chi connectivity index (χ2v) is 6.51. The second-order valence-electron chi connectivity index (χ2n) is 6.51. The van der Waals surface area contributed by atoms with Crippen molar-refractivity contribution in [1.82, 2.24) is 10.2 Å². The predicted molar refractivity (Wildman–Crippen MR) is 78.5 cm³/mol. The number of likely N-dealkylation sites (tertiary alicyclic amines) is 1.